The molecule has 1 saturated heterocycles. The second kappa shape index (κ2) is 33.1. The molecule has 0 aromatic rings. The van der Waals surface area contributed by atoms with Crippen LogP contribution < -0.4 is 0 Å². The molecule has 0 saturated carbocycles. The summed E-state index contributed by atoms with van der Waals surface area (Å²) in [5.74, 6) is -0.311. The fourth-order valence-corrected chi connectivity index (χ4v) is 6.49. The Labute approximate surface area is 300 Å². The molecule has 1 aliphatic rings. The van der Waals surface area contributed by atoms with Crippen molar-refractivity contribution >= 4 is 5.97 Å². The summed E-state index contributed by atoms with van der Waals surface area (Å²) in [6.07, 6.45) is 25.5. The van der Waals surface area contributed by atoms with E-state index in [1.165, 1.54) is 135 Å². The highest BCUT2D eigenvalue weighted by Gasteiger charge is 2.44. The van der Waals surface area contributed by atoms with E-state index >= 15 is 0 Å². The lowest BCUT2D eigenvalue weighted by Crippen LogP contribution is -2.59. The van der Waals surface area contributed by atoms with Crippen molar-refractivity contribution < 1.29 is 44.2 Å². The molecule has 1 rings (SSSR count). The molecule has 9 nitrogen and oxygen atoms in total. The average molecular weight is 703 g/mol. The van der Waals surface area contributed by atoms with Crippen molar-refractivity contribution in [3.05, 3.63) is 0 Å². The van der Waals surface area contributed by atoms with Crippen LogP contribution in [0.5, 0.6) is 0 Å². The maximum absolute atomic E-state index is 12.7. The number of esters is 1. The van der Waals surface area contributed by atoms with Gasteiger partial charge in [-0.05, 0) is 12.8 Å². The number of carbonyl (C=O) groups is 1. The Morgan fingerprint density at radius 1 is 0.571 bits per heavy atom. The molecular weight excluding hydrogens is 624 g/mol. The zero-order valence-electron chi connectivity index (χ0n) is 31.7. The molecule has 0 radical (unpaired) electrons. The lowest BCUT2D eigenvalue weighted by molar-refractivity contribution is -0.305. The first-order chi connectivity index (χ1) is 23.9. The predicted molar refractivity (Wildman–Crippen MR) is 196 cm³/mol. The average Bonchev–Trinajstić information content (AvgIpc) is 3.10. The zero-order chi connectivity index (χ0) is 35.8. The number of aliphatic hydroxyl groups excluding tert-OH is 4. The Hall–Kier alpha value is -0.810. The minimum atomic E-state index is -1.53. The van der Waals surface area contributed by atoms with Crippen molar-refractivity contribution in [1.29, 1.82) is 0 Å². The molecule has 0 aromatic carbocycles. The third kappa shape index (κ3) is 24.9. The first kappa shape index (κ1) is 46.2. The Kier molecular flexibility index (Phi) is 31.2. The lowest BCUT2D eigenvalue weighted by atomic mass is 9.99. The van der Waals surface area contributed by atoms with E-state index in [4.69, 9.17) is 18.9 Å². The van der Waals surface area contributed by atoms with Crippen LogP contribution in [0.1, 0.15) is 187 Å². The maximum atomic E-state index is 12.7. The number of aliphatic hydroxyl groups is 4. The maximum Gasteiger partial charge on any atom is 0.306 e. The van der Waals surface area contributed by atoms with Crippen LogP contribution in [-0.4, -0.2) is 89.6 Å². The Morgan fingerprint density at radius 2 is 1.00 bits per heavy atom. The minimum absolute atomic E-state index is 0.106. The van der Waals surface area contributed by atoms with Gasteiger partial charge in [-0.3, -0.25) is 4.79 Å². The van der Waals surface area contributed by atoms with E-state index in [9.17, 15) is 25.2 Å². The molecule has 0 aromatic heterocycles. The quantitative estimate of drug-likeness (QED) is 0.0380. The van der Waals surface area contributed by atoms with Gasteiger partial charge < -0.3 is 39.4 Å². The molecular formula is C40H78O9. The summed E-state index contributed by atoms with van der Waals surface area (Å²) >= 11 is 0. The molecule has 0 spiro atoms. The first-order valence-electron chi connectivity index (χ1n) is 20.6. The third-order valence-electron chi connectivity index (χ3n) is 9.77. The molecule has 49 heavy (non-hydrogen) atoms. The summed E-state index contributed by atoms with van der Waals surface area (Å²) < 4.78 is 22.7. The number of carbonyl (C=O) groups excluding carboxylic acids is 1. The lowest BCUT2D eigenvalue weighted by Gasteiger charge is -2.39. The molecule has 1 aliphatic heterocycles. The monoisotopic (exact) mass is 703 g/mol. The minimum Gasteiger partial charge on any atom is -0.457 e. The van der Waals surface area contributed by atoms with Gasteiger partial charge in [0.25, 0.3) is 0 Å². The molecule has 1 heterocycles. The second-order valence-electron chi connectivity index (χ2n) is 14.5. The van der Waals surface area contributed by atoms with E-state index < -0.39 is 43.4 Å². The standard InChI is InChI=1S/C40H78O9/c1-3-5-7-9-11-13-15-16-17-18-20-22-24-26-28-30-46-32-34(33-47-40-39(45)38(44)37(43)35(31-41)49-40)48-36(42)29-27-25-23-21-19-14-12-10-8-6-4-2/h34-35,37-41,43-45H,3-33H2,1-2H3. The van der Waals surface area contributed by atoms with Crippen molar-refractivity contribution in [2.75, 3.05) is 26.4 Å². The number of rotatable bonds is 35. The van der Waals surface area contributed by atoms with Gasteiger partial charge in [0.15, 0.2) is 6.29 Å². The van der Waals surface area contributed by atoms with Crippen LogP contribution >= 0.6 is 0 Å². The SMILES string of the molecule is CCCCCCCCCCCCCCCCCOCC(COC1OC(CO)C(O)C(O)C1O)OC(=O)CCCCCCCCCCCCC. The molecule has 6 unspecified atom stereocenters. The Bertz CT molecular complexity index is 722. The molecule has 4 N–H and O–H groups in total. The molecule has 9 heteroatoms. The van der Waals surface area contributed by atoms with Crippen LogP contribution in [0.15, 0.2) is 0 Å². The van der Waals surface area contributed by atoms with E-state index in [1.54, 1.807) is 0 Å². The smallest absolute Gasteiger partial charge is 0.306 e. The number of hydrogen-bond acceptors (Lipinski definition) is 9. The van der Waals surface area contributed by atoms with Gasteiger partial charge in [-0.25, -0.2) is 0 Å². The van der Waals surface area contributed by atoms with Gasteiger partial charge >= 0.3 is 5.97 Å². The number of hydrogen-bond donors (Lipinski definition) is 4. The molecule has 0 amide bonds. The zero-order valence-corrected chi connectivity index (χ0v) is 31.7. The van der Waals surface area contributed by atoms with Crippen LogP contribution in [0.4, 0.5) is 0 Å². The van der Waals surface area contributed by atoms with Gasteiger partial charge in [0.1, 0.15) is 30.5 Å². The normalized spacial score (nSPS) is 21.6. The first-order valence-corrected chi connectivity index (χ1v) is 20.6. The summed E-state index contributed by atoms with van der Waals surface area (Å²) in [6.45, 7) is 4.58. The van der Waals surface area contributed by atoms with Gasteiger partial charge in [-0.15, -0.1) is 0 Å². The van der Waals surface area contributed by atoms with Gasteiger partial charge in [0.05, 0.1) is 19.8 Å². The Balaban J connectivity index is 2.28. The van der Waals surface area contributed by atoms with Crippen molar-refractivity contribution in [1.82, 2.24) is 0 Å². The van der Waals surface area contributed by atoms with E-state index in [0.29, 0.717) is 13.0 Å². The third-order valence-corrected chi connectivity index (χ3v) is 9.77. The van der Waals surface area contributed by atoms with E-state index in [-0.39, 0.29) is 19.2 Å². The molecule has 292 valence electrons. The topological polar surface area (TPSA) is 135 Å². The van der Waals surface area contributed by atoms with Crippen molar-refractivity contribution in [3.8, 4) is 0 Å². The summed E-state index contributed by atoms with van der Waals surface area (Å²) in [5.41, 5.74) is 0. The molecule has 6 atom stereocenters. The summed E-state index contributed by atoms with van der Waals surface area (Å²) in [4.78, 5) is 12.7. The second-order valence-corrected chi connectivity index (χ2v) is 14.5. The molecule has 1 fully saturated rings. The highest BCUT2D eigenvalue weighted by Crippen LogP contribution is 2.22. The van der Waals surface area contributed by atoms with Gasteiger partial charge in [0.2, 0.25) is 0 Å². The van der Waals surface area contributed by atoms with Gasteiger partial charge in [0, 0.05) is 13.0 Å². The summed E-state index contributed by atoms with van der Waals surface area (Å²) in [7, 11) is 0. The Morgan fingerprint density at radius 3 is 1.45 bits per heavy atom. The van der Waals surface area contributed by atoms with Crippen LogP contribution in [0, 0.1) is 0 Å². The van der Waals surface area contributed by atoms with Crippen LogP contribution in [0.2, 0.25) is 0 Å². The molecule has 0 aliphatic carbocycles. The highest BCUT2D eigenvalue weighted by atomic mass is 16.7. The van der Waals surface area contributed by atoms with Gasteiger partial charge in [-0.2, -0.15) is 0 Å². The fraction of sp³-hybridized carbons (Fsp3) is 0.975. The summed E-state index contributed by atoms with van der Waals surface area (Å²) in [6, 6.07) is 0. The highest BCUT2D eigenvalue weighted by molar-refractivity contribution is 5.69. The van der Waals surface area contributed by atoms with Crippen molar-refractivity contribution in [2.24, 2.45) is 0 Å². The predicted octanol–water partition coefficient (Wildman–Crippen LogP) is 8.30. The van der Waals surface area contributed by atoms with Crippen LogP contribution in [0.3, 0.4) is 0 Å². The van der Waals surface area contributed by atoms with E-state index in [2.05, 4.69) is 13.8 Å². The fourth-order valence-electron chi connectivity index (χ4n) is 6.49. The van der Waals surface area contributed by atoms with Crippen LogP contribution in [-0.2, 0) is 23.7 Å². The number of ether oxygens (including phenoxy) is 4. The van der Waals surface area contributed by atoms with E-state index in [1.807, 2.05) is 0 Å². The largest absolute Gasteiger partial charge is 0.457 e. The number of unbranched alkanes of at least 4 members (excludes halogenated alkanes) is 24. The van der Waals surface area contributed by atoms with Crippen LogP contribution in [0.25, 0.3) is 0 Å². The van der Waals surface area contributed by atoms with Gasteiger partial charge in [-0.1, -0.05) is 168 Å². The molecule has 0 bridgehead atoms. The van der Waals surface area contributed by atoms with E-state index in [0.717, 1.165) is 32.1 Å². The summed E-state index contributed by atoms with van der Waals surface area (Å²) in [5, 5.41) is 40.0. The van der Waals surface area contributed by atoms with Crippen molar-refractivity contribution in [3.63, 3.8) is 0 Å². The van der Waals surface area contributed by atoms with Crippen molar-refractivity contribution in [2.45, 2.75) is 224 Å².